The fourth-order valence-electron chi connectivity index (χ4n) is 4.50. The van der Waals surface area contributed by atoms with Crippen molar-refractivity contribution in [1.82, 2.24) is 20.5 Å². The normalized spacial score (nSPS) is 28.6. The summed E-state index contributed by atoms with van der Waals surface area (Å²) in [6.07, 6.45) is 4.75. The van der Waals surface area contributed by atoms with E-state index < -0.39 is 0 Å². The number of halogens is 1. The molecule has 0 bridgehead atoms. The largest absolute Gasteiger partial charge is 0.369 e. The average molecular weight is 389 g/mol. The van der Waals surface area contributed by atoms with Crippen molar-refractivity contribution in [3.63, 3.8) is 0 Å². The Balaban J connectivity index is 1.56. The summed E-state index contributed by atoms with van der Waals surface area (Å²) < 4.78 is 7.30. The summed E-state index contributed by atoms with van der Waals surface area (Å²) >= 11 is 8.02. The summed E-state index contributed by atoms with van der Waals surface area (Å²) in [5.74, 6) is 0. The van der Waals surface area contributed by atoms with Crippen molar-refractivity contribution >= 4 is 34.0 Å². The molecule has 26 heavy (non-hydrogen) atoms. The predicted molar refractivity (Wildman–Crippen MR) is 104 cm³/mol. The maximum absolute atomic E-state index is 6.44. The number of hydrogen-bond donors (Lipinski definition) is 2. The fourth-order valence-corrected chi connectivity index (χ4v) is 5.96. The fraction of sp³-hybridized carbons (Fsp3) is 0.474. The molecule has 1 saturated heterocycles. The van der Waals surface area contributed by atoms with Gasteiger partial charge in [-0.3, -0.25) is 5.10 Å². The third-order valence-corrected chi connectivity index (χ3v) is 7.11. The maximum Gasteiger partial charge on any atom is 0.181 e. The van der Waals surface area contributed by atoms with Crippen LogP contribution in [-0.2, 0) is 16.8 Å². The van der Waals surface area contributed by atoms with Crippen molar-refractivity contribution in [3.8, 4) is 0 Å². The number of nitrogens with one attached hydrogen (secondary N) is 2. The van der Waals surface area contributed by atoms with Gasteiger partial charge in [0.25, 0.3) is 0 Å². The minimum Gasteiger partial charge on any atom is -0.369 e. The van der Waals surface area contributed by atoms with Crippen molar-refractivity contribution in [2.45, 2.75) is 50.8 Å². The summed E-state index contributed by atoms with van der Waals surface area (Å²) in [5.41, 5.74) is 4.12. The first-order valence-corrected chi connectivity index (χ1v) is 10.2. The second-order valence-electron chi connectivity index (χ2n) is 7.51. The molecule has 2 aliphatic rings. The average Bonchev–Trinajstić information content (AvgIpc) is 3.18. The van der Waals surface area contributed by atoms with Crippen molar-refractivity contribution in [3.05, 3.63) is 44.4 Å². The molecule has 5 rings (SSSR count). The molecule has 0 amide bonds. The first-order valence-electron chi connectivity index (χ1n) is 9.03. The van der Waals surface area contributed by atoms with E-state index in [0.717, 1.165) is 46.9 Å². The van der Waals surface area contributed by atoms with E-state index in [9.17, 15) is 0 Å². The number of rotatable bonds is 1. The smallest absolute Gasteiger partial charge is 0.181 e. The molecule has 2 N–H and O–H groups in total. The summed E-state index contributed by atoms with van der Waals surface area (Å²) in [6.45, 7) is 5.02. The Bertz CT molecular complexity index is 983. The van der Waals surface area contributed by atoms with E-state index in [2.05, 4.69) is 39.6 Å². The summed E-state index contributed by atoms with van der Waals surface area (Å²) in [7, 11) is 0. The molecule has 7 heteroatoms. The number of aromatic nitrogens is 3. The highest BCUT2D eigenvalue weighted by Crippen LogP contribution is 2.50. The molecular weight excluding hydrogens is 368 g/mol. The highest BCUT2D eigenvalue weighted by atomic mass is 35.5. The van der Waals surface area contributed by atoms with Gasteiger partial charge < -0.3 is 10.1 Å². The number of fused-ring (bicyclic) bond motifs is 3. The summed E-state index contributed by atoms with van der Waals surface area (Å²) in [6, 6.07) is 4.87. The molecule has 0 saturated carbocycles. The number of H-pyrrole nitrogens is 1. The van der Waals surface area contributed by atoms with Gasteiger partial charge in [-0.2, -0.15) is 5.10 Å². The molecule has 0 aromatic carbocycles. The van der Waals surface area contributed by atoms with Crippen LogP contribution < -0.4 is 5.32 Å². The zero-order valence-electron chi connectivity index (χ0n) is 14.8. The minimum atomic E-state index is -0.249. The topological polar surface area (TPSA) is 62.8 Å². The van der Waals surface area contributed by atoms with Crippen LogP contribution in [0.4, 0.5) is 0 Å². The molecule has 5 nitrogen and oxygen atoms in total. The van der Waals surface area contributed by atoms with Crippen molar-refractivity contribution < 1.29 is 4.74 Å². The van der Waals surface area contributed by atoms with Gasteiger partial charge in [-0.05, 0) is 49.9 Å². The zero-order valence-corrected chi connectivity index (χ0v) is 16.4. The van der Waals surface area contributed by atoms with Gasteiger partial charge in [-0.25, -0.2) is 4.98 Å². The van der Waals surface area contributed by atoms with Crippen LogP contribution in [-0.4, -0.2) is 27.8 Å². The number of aromatic amines is 1. The third-order valence-electron chi connectivity index (χ3n) is 5.62. The van der Waals surface area contributed by atoms with Gasteiger partial charge in [-0.15, -0.1) is 11.3 Å². The van der Waals surface area contributed by atoms with Crippen LogP contribution >= 0.6 is 22.9 Å². The molecule has 5 heterocycles. The van der Waals surface area contributed by atoms with E-state index >= 15 is 0 Å². The number of hydrogen-bond acceptors (Lipinski definition) is 5. The van der Waals surface area contributed by atoms with E-state index in [1.807, 2.05) is 13.1 Å². The summed E-state index contributed by atoms with van der Waals surface area (Å²) in [5, 5.41) is 12.1. The molecule has 0 radical (unpaired) electrons. The number of piperidine rings is 1. The highest BCUT2D eigenvalue weighted by Gasteiger charge is 2.46. The lowest BCUT2D eigenvalue weighted by Crippen LogP contribution is -2.49. The number of pyridine rings is 1. The first kappa shape index (κ1) is 16.7. The van der Waals surface area contributed by atoms with Crippen LogP contribution in [0.15, 0.2) is 18.3 Å². The Morgan fingerprint density at radius 1 is 1.35 bits per heavy atom. The summed E-state index contributed by atoms with van der Waals surface area (Å²) in [4.78, 5) is 5.86. The lowest BCUT2D eigenvalue weighted by Gasteiger charge is -2.46. The molecule has 3 unspecified atom stereocenters. The zero-order chi connectivity index (χ0) is 17.9. The quantitative estimate of drug-likeness (QED) is 0.653. The molecule has 1 spiro atoms. The number of thiophene rings is 1. The lowest BCUT2D eigenvalue weighted by atomic mass is 9.78. The van der Waals surface area contributed by atoms with E-state index in [0.29, 0.717) is 6.04 Å². The van der Waals surface area contributed by atoms with Gasteiger partial charge in [0.1, 0.15) is 5.60 Å². The van der Waals surface area contributed by atoms with Crippen LogP contribution in [0.1, 0.15) is 47.5 Å². The van der Waals surface area contributed by atoms with Crippen LogP contribution in [0, 0.1) is 6.92 Å². The van der Waals surface area contributed by atoms with Gasteiger partial charge in [0.2, 0.25) is 0 Å². The minimum absolute atomic E-state index is 0.191. The molecule has 0 aliphatic carbocycles. The SMILES string of the molecule is Cc1[nH]nc2ncc(C3CC4(CC(C)N3)OCCc3cc(Cl)sc34)cc12. The second kappa shape index (κ2) is 6.02. The number of ether oxygens (including phenoxy) is 1. The highest BCUT2D eigenvalue weighted by molar-refractivity contribution is 7.16. The molecule has 3 aromatic heterocycles. The van der Waals surface area contributed by atoms with Crippen molar-refractivity contribution in [1.29, 1.82) is 0 Å². The Morgan fingerprint density at radius 3 is 3.12 bits per heavy atom. The second-order valence-corrected chi connectivity index (χ2v) is 9.20. The number of nitrogens with zero attached hydrogens (tertiary/aromatic N) is 2. The van der Waals surface area contributed by atoms with Gasteiger partial charge in [-0.1, -0.05) is 11.6 Å². The van der Waals surface area contributed by atoms with Crippen LogP contribution in [0.2, 0.25) is 4.34 Å². The molecule has 2 aliphatic heterocycles. The van der Waals surface area contributed by atoms with Gasteiger partial charge in [0.15, 0.2) is 5.65 Å². The van der Waals surface area contributed by atoms with Crippen molar-refractivity contribution in [2.24, 2.45) is 0 Å². The Morgan fingerprint density at radius 2 is 2.23 bits per heavy atom. The lowest BCUT2D eigenvalue weighted by molar-refractivity contribution is -0.0954. The Labute approximate surface area is 161 Å². The van der Waals surface area contributed by atoms with E-state index in [1.54, 1.807) is 11.3 Å². The van der Waals surface area contributed by atoms with Crippen LogP contribution in [0.5, 0.6) is 0 Å². The predicted octanol–water partition coefficient (Wildman–Crippen LogP) is 4.26. The van der Waals surface area contributed by atoms with Crippen LogP contribution in [0.3, 0.4) is 0 Å². The van der Waals surface area contributed by atoms with E-state index in [1.165, 1.54) is 16.0 Å². The molecular formula is C19H21ClN4OS. The Kier molecular flexibility index (Phi) is 3.87. The number of aryl methyl sites for hydroxylation is 1. The third kappa shape index (κ3) is 2.59. The monoisotopic (exact) mass is 388 g/mol. The molecule has 1 fully saturated rings. The molecule has 136 valence electrons. The van der Waals surface area contributed by atoms with E-state index in [-0.39, 0.29) is 11.6 Å². The van der Waals surface area contributed by atoms with Crippen molar-refractivity contribution in [2.75, 3.05) is 6.61 Å². The first-order chi connectivity index (χ1) is 12.5. The van der Waals surface area contributed by atoms with Gasteiger partial charge >= 0.3 is 0 Å². The Hall–Kier alpha value is -1.47. The van der Waals surface area contributed by atoms with Gasteiger partial charge in [0, 0.05) is 40.7 Å². The molecule has 3 atom stereocenters. The van der Waals surface area contributed by atoms with E-state index in [4.69, 9.17) is 16.3 Å². The standard InChI is InChI=1S/C19H21ClN4OS/c1-10-7-19(17-12(3-4-25-19)6-16(20)26-17)8-15(22-10)13-5-14-11(2)23-24-18(14)21-9-13/h5-6,9-10,15,22H,3-4,7-8H2,1-2H3,(H,21,23,24). The van der Waals surface area contributed by atoms with Gasteiger partial charge in [0.05, 0.1) is 10.9 Å². The molecule has 3 aromatic rings. The maximum atomic E-state index is 6.44. The van der Waals surface area contributed by atoms with Crippen LogP contribution in [0.25, 0.3) is 11.0 Å².